The minimum atomic E-state index is -0.299. The number of aromatic nitrogens is 4. The predicted octanol–water partition coefficient (Wildman–Crippen LogP) is 3.11. The number of hydrogen-bond donors (Lipinski definition) is 2. The Labute approximate surface area is 199 Å². The largest absolute Gasteiger partial charge is 0.481 e. The molecule has 170 valence electrons. The summed E-state index contributed by atoms with van der Waals surface area (Å²) < 4.78 is 5.25. The molecule has 5 heterocycles. The van der Waals surface area contributed by atoms with E-state index in [4.69, 9.17) is 4.74 Å². The van der Waals surface area contributed by atoms with Gasteiger partial charge >= 0.3 is 0 Å². The number of nitrogens with zero attached hydrogens (tertiary/aromatic N) is 4. The number of thioether (sulfide) groups is 1. The number of nitrogens with one attached hydrogen (secondary N) is 2. The fraction of sp³-hybridized carbons (Fsp3) is 0.167. The fourth-order valence-electron chi connectivity index (χ4n) is 3.57. The van der Waals surface area contributed by atoms with E-state index in [9.17, 15) is 9.59 Å². The van der Waals surface area contributed by atoms with Crippen LogP contribution in [0.25, 0.3) is 22.2 Å². The fourth-order valence-corrected chi connectivity index (χ4v) is 4.33. The second-order valence-electron chi connectivity index (χ2n) is 7.50. The number of fused-ring (bicyclic) bond motifs is 2. The van der Waals surface area contributed by atoms with E-state index in [1.165, 1.54) is 11.8 Å². The molecular formula is C24H20N6O3S. The van der Waals surface area contributed by atoms with Crippen LogP contribution in [0.15, 0.2) is 59.8 Å². The van der Waals surface area contributed by atoms with E-state index < -0.39 is 0 Å². The summed E-state index contributed by atoms with van der Waals surface area (Å²) in [7, 11) is 1.58. The van der Waals surface area contributed by atoms with Gasteiger partial charge in [-0.1, -0.05) is 6.07 Å². The molecule has 10 heteroatoms. The molecule has 4 aromatic rings. The molecule has 1 aliphatic heterocycles. The van der Waals surface area contributed by atoms with Gasteiger partial charge < -0.3 is 15.4 Å². The molecule has 1 aliphatic rings. The molecule has 9 nitrogen and oxygen atoms in total. The molecule has 0 fully saturated rings. The Morgan fingerprint density at radius 1 is 1.12 bits per heavy atom. The van der Waals surface area contributed by atoms with Crippen LogP contribution >= 0.6 is 11.8 Å². The van der Waals surface area contributed by atoms with E-state index in [-0.39, 0.29) is 17.5 Å². The van der Waals surface area contributed by atoms with Crippen molar-refractivity contribution in [1.29, 1.82) is 0 Å². The second kappa shape index (κ2) is 9.44. The number of carbonyl (C=O) groups excluding carboxylic acids is 2. The monoisotopic (exact) mass is 472 g/mol. The summed E-state index contributed by atoms with van der Waals surface area (Å²) in [5.74, 6) is 0.895. The SMILES string of the molecule is COc1ccc2nccc(-c3ccc(CCNC(=O)c4ccc5c(n4)NC(=O)CS5)nc3)c2n1. The normalized spacial score (nSPS) is 12.7. The standard InChI is InChI=1S/C24H20N6O3S/c1-33-21-7-5-17-22(30-21)16(9-11-25-17)14-2-3-15(27-12-14)8-10-26-24(32)18-4-6-19-23(28-18)29-20(31)13-34-19/h2-7,9,11-12H,8,10,13H2,1H3,(H,26,32)(H,28,29,31). The lowest BCUT2D eigenvalue weighted by Gasteiger charge is -2.15. The Balaban J connectivity index is 1.23. The van der Waals surface area contributed by atoms with Gasteiger partial charge in [0.05, 0.1) is 23.3 Å². The van der Waals surface area contributed by atoms with Crippen molar-refractivity contribution < 1.29 is 14.3 Å². The Kier molecular flexibility index (Phi) is 6.05. The van der Waals surface area contributed by atoms with Gasteiger partial charge in [-0.3, -0.25) is 19.6 Å². The zero-order valence-electron chi connectivity index (χ0n) is 18.2. The molecule has 0 spiro atoms. The molecule has 0 saturated carbocycles. The zero-order valence-corrected chi connectivity index (χ0v) is 19.1. The Bertz CT molecular complexity index is 1390. The summed E-state index contributed by atoms with van der Waals surface area (Å²) in [5, 5.41) is 5.55. The van der Waals surface area contributed by atoms with Gasteiger partial charge in [0.1, 0.15) is 17.0 Å². The van der Waals surface area contributed by atoms with Crippen LogP contribution in [0, 0.1) is 0 Å². The minimum Gasteiger partial charge on any atom is -0.481 e. The first-order chi connectivity index (χ1) is 16.6. The van der Waals surface area contributed by atoms with E-state index in [1.54, 1.807) is 37.7 Å². The topological polar surface area (TPSA) is 119 Å². The van der Waals surface area contributed by atoms with Crippen LogP contribution in [-0.4, -0.2) is 51.2 Å². The Morgan fingerprint density at radius 2 is 2.03 bits per heavy atom. The number of amides is 2. The van der Waals surface area contributed by atoms with Crippen LogP contribution in [-0.2, 0) is 11.2 Å². The molecule has 0 unspecified atom stereocenters. The summed E-state index contributed by atoms with van der Waals surface area (Å²) in [6.07, 6.45) is 4.10. The molecule has 0 aliphatic carbocycles. The first-order valence-corrected chi connectivity index (χ1v) is 11.6. The first-order valence-electron chi connectivity index (χ1n) is 10.6. The molecule has 5 rings (SSSR count). The number of anilines is 1. The van der Waals surface area contributed by atoms with E-state index >= 15 is 0 Å². The molecule has 2 N–H and O–H groups in total. The highest BCUT2D eigenvalue weighted by Gasteiger charge is 2.18. The first kappa shape index (κ1) is 21.8. The van der Waals surface area contributed by atoms with E-state index in [0.29, 0.717) is 30.4 Å². The number of ether oxygens (including phenoxy) is 1. The number of hydrogen-bond acceptors (Lipinski definition) is 8. The number of rotatable bonds is 6. The van der Waals surface area contributed by atoms with Crippen LogP contribution in [0.3, 0.4) is 0 Å². The molecule has 0 radical (unpaired) electrons. The second-order valence-corrected chi connectivity index (χ2v) is 8.52. The van der Waals surface area contributed by atoms with Crippen LogP contribution in [0.4, 0.5) is 5.82 Å². The molecule has 34 heavy (non-hydrogen) atoms. The Morgan fingerprint density at radius 3 is 2.85 bits per heavy atom. The molecule has 4 aromatic heterocycles. The van der Waals surface area contributed by atoms with Gasteiger partial charge in [-0.15, -0.1) is 11.8 Å². The molecule has 0 bridgehead atoms. The highest BCUT2D eigenvalue weighted by Crippen LogP contribution is 2.30. The van der Waals surface area contributed by atoms with Gasteiger partial charge in [-0.25, -0.2) is 9.97 Å². The van der Waals surface area contributed by atoms with Crippen molar-refractivity contribution in [1.82, 2.24) is 25.3 Å². The number of methoxy groups -OCH3 is 1. The van der Waals surface area contributed by atoms with Crippen LogP contribution in [0.1, 0.15) is 16.2 Å². The van der Waals surface area contributed by atoms with Crippen molar-refractivity contribution in [3.63, 3.8) is 0 Å². The van der Waals surface area contributed by atoms with Crippen LogP contribution in [0.5, 0.6) is 5.88 Å². The smallest absolute Gasteiger partial charge is 0.269 e. The maximum Gasteiger partial charge on any atom is 0.269 e. The van der Waals surface area contributed by atoms with Crippen molar-refractivity contribution in [3.05, 3.63) is 66.2 Å². The number of pyridine rings is 4. The zero-order chi connectivity index (χ0) is 23.5. The van der Waals surface area contributed by atoms with Crippen molar-refractivity contribution >= 4 is 40.4 Å². The van der Waals surface area contributed by atoms with Crippen LogP contribution < -0.4 is 15.4 Å². The predicted molar refractivity (Wildman–Crippen MR) is 129 cm³/mol. The minimum absolute atomic E-state index is 0.119. The lowest BCUT2D eigenvalue weighted by atomic mass is 10.1. The van der Waals surface area contributed by atoms with Gasteiger partial charge in [0.15, 0.2) is 0 Å². The van der Waals surface area contributed by atoms with Crippen LogP contribution in [0.2, 0.25) is 0 Å². The van der Waals surface area contributed by atoms with Gasteiger partial charge in [0.2, 0.25) is 11.8 Å². The lowest BCUT2D eigenvalue weighted by Crippen LogP contribution is -2.28. The Hall–Kier alpha value is -4.05. The summed E-state index contributed by atoms with van der Waals surface area (Å²) in [5.41, 5.74) is 4.46. The molecule has 2 amide bonds. The third kappa shape index (κ3) is 4.53. The van der Waals surface area contributed by atoms with Crippen molar-refractivity contribution in [2.45, 2.75) is 11.3 Å². The van der Waals surface area contributed by atoms with Gasteiger partial charge in [0.25, 0.3) is 5.91 Å². The summed E-state index contributed by atoms with van der Waals surface area (Å²) >= 11 is 1.41. The highest BCUT2D eigenvalue weighted by atomic mass is 32.2. The summed E-state index contributed by atoms with van der Waals surface area (Å²) in [6, 6.07) is 12.9. The average Bonchev–Trinajstić information content (AvgIpc) is 2.88. The van der Waals surface area contributed by atoms with Crippen molar-refractivity contribution in [2.75, 3.05) is 24.7 Å². The van der Waals surface area contributed by atoms with Gasteiger partial charge in [-0.05, 0) is 30.3 Å². The third-order valence-electron chi connectivity index (χ3n) is 5.28. The highest BCUT2D eigenvalue weighted by molar-refractivity contribution is 8.00. The van der Waals surface area contributed by atoms with Gasteiger partial charge in [0, 0.05) is 48.2 Å². The maximum atomic E-state index is 12.5. The maximum absolute atomic E-state index is 12.5. The quantitative estimate of drug-likeness (QED) is 0.439. The van der Waals surface area contributed by atoms with Gasteiger partial charge in [-0.2, -0.15) is 0 Å². The van der Waals surface area contributed by atoms with E-state index in [2.05, 4.69) is 30.6 Å². The lowest BCUT2D eigenvalue weighted by molar-refractivity contribution is -0.113. The van der Waals surface area contributed by atoms with E-state index in [0.717, 1.165) is 32.7 Å². The summed E-state index contributed by atoms with van der Waals surface area (Å²) in [4.78, 5) is 42.6. The van der Waals surface area contributed by atoms with E-state index in [1.807, 2.05) is 24.3 Å². The third-order valence-corrected chi connectivity index (χ3v) is 6.32. The number of carbonyl (C=O) groups is 2. The molecule has 0 atom stereocenters. The summed E-state index contributed by atoms with van der Waals surface area (Å²) in [6.45, 7) is 0.405. The average molecular weight is 473 g/mol. The van der Waals surface area contributed by atoms with Crippen molar-refractivity contribution in [2.24, 2.45) is 0 Å². The molecule has 0 aromatic carbocycles. The molecular weight excluding hydrogens is 452 g/mol. The van der Waals surface area contributed by atoms with Crippen molar-refractivity contribution in [3.8, 4) is 17.0 Å². The molecule has 0 saturated heterocycles.